The molecule has 0 aliphatic rings. The van der Waals surface area contributed by atoms with Crippen molar-refractivity contribution in [2.45, 2.75) is 39.7 Å². The first-order chi connectivity index (χ1) is 8.08. The van der Waals surface area contributed by atoms with E-state index >= 15 is 0 Å². The lowest BCUT2D eigenvalue weighted by Crippen LogP contribution is -2.10. The maximum atomic E-state index is 6.16. The molecule has 0 aliphatic carbocycles. The van der Waals surface area contributed by atoms with Crippen LogP contribution in [0.2, 0.25) is 5.02 Å². The van der Waals surface area contributed by atoms with Crippen molar-refractivity contribution in [2.75, 3.05) is 6.61 Å². The molecule has 96 valence electrons. The minimum atomic E-state index is 0.000539. The lowest BCUT2D eigenvalue weighted by Gasteiger charge is -2.15. The van der Waals surface area contributed by atoms with E-state index in [9.17, 15) is 0 Å². The molecule has 3 heteroatoms. The van der Waals surface area contributed by atoms with Gasteiger partial charge in [-0.25, -0.2) is 0 Å². The topological polar surface area (TPSA) is 35.2 Å². The lowest BCUT2D eigenvalue weighted by atomic mass is 10.1. The molecule has 0 spiro atoms. The average molecular weight is 256 g/mol. The van der Waals surface area contributed by atoms with Crippen LogP contribution in [0.3, 0.4) is 0 Å². The van der Waals surface area contributed by atoms with Crippen LogP contribution in [-0.4, -0.2) is 6.61 Å². The number of halogens is 1. The number of benzene rings is 1. The Hall–Kier alpha value is -0.730. The Morgan fingerprint density at radius 2 is 1.94 bits per heavy atom. The quantitative estimate of drug-likeness (QED) is 0.828. The van der Waals surface area contributed by atoms with E-state index in [4.69, 9.17) is 22.1 Å². The Labute approximate surface area is 109 Å². The van der Waals surface area contributed by atoms with Crippen LogP contribution in [-0.2, 0) is 0 Å². The molecule has 1 rings (SSSR count). The molecule has 0 saturated heterocycles. The highest BCUT2D eigenvalue weighted by Gasteiger charge is 2.08. The Kier molecular flexibility index (Phi) is 5.79. The highest BCUT2D eigenvalue weighted by Crippen LogP contribution is 2.28. The van der Waals surface area contributed by atoms with E-state index in [0.717, 1.165) is 30.8 Å². The summed E-state index contributed by atoms with van der Waals surface area (Å²) in [5.41, 5.74) is 6.83. The van der Waals surface area contributed by atoms with Crippen molar-refractivity contribution in [2.24, 2.45) is 11.7 Å². The second kappa shape index (κ2) is 6.87. The number of hydrogen-bond acceptors (Lipinski definition) is 2. The Balaban J connectivity index is 2.66. The first kappa shape index (κ1) is 14.3. The van der Waals surface area contributed by atoms with Crippen LogP contribution < -0.4 is 10.5 Å². The van der Waals surface area contributed by atoms with Crippen LogP contribution in [0, 0.1) is 5.92 Å². The first-order valence-corrected chi connectivity index (χ1v) is 6.64. The van der Waals surface area contributed by atoms with Crippen LogP contribution in [0.15, 0.2) is 18.2 Å². The maximum absolute atomic E-state index is 6.16. The number of hydrogen-bond donors (Lipinski definition) is 1. The number of rotatable bonds is 6. The zero-order valence-electron chi connectivity index (χ0n) is 10.9. The summed E-state index contributed by atoms with van der Waals surface area (Å²) in [6, 6.07) is 5.76. The summed E-state index contributed by atoms with van der Waals surface area (Å²) in [5.74, 6) is 1.35. The van der Waals surface area contributed by atoms with Gasteiger partial charge in [0.1, 0.15) is 5.75 Å². The lowest BCUT2D eigenvalue weighted by molar-refractivity contribution is 0.240. The van der Waals surface area contributed by atoms with Gasteiger partial charge in [-0.05, 0) is 30.5 Å². The zero-order chi connectivity index (χ0) is 12.8. The third-order valence-corrected chi connectivity index (χ3v) is 3.41. The van der Waals surface area contributed by atoms with Gasteiger partial charge in [0.2, 0.25) is 0 Å². The molecule has 2 N–H and O–H groups in total. The van der Waals surface area contributed by atoms with Crippen LogP contribution >= 0.6 is 11.6 Å². The molecule has 1 aromatic rings. The minimum absolute atomic E-state index is 0.000539. The van der Waals surface area contributed by atoms with E-state index in [1.807, 2.05) is 25.1 Å². The van der Waals surface area contributed by atoms with Crippen LogP contribution in [0.1, 0.15) is 45.2 Å². The van der Waals surface area contributed by atoms with Gasteiger partial charge < -0.3 is 10.5 Å². The summed E-state index contributed by atoms with van der Waals surface area (Å²) in [5, 5.41) is 0.644. The Morgan fingerprint density at radius 3 is 2.41 bits per heavy atom. The molecule has 2 nitrogen and oxygen atoms in total. The van der Waals surface area contributed by atoms with Gasteiger partial charge >= 0.3 is 0 Å². The smallest absolute Gasteiger partial charge is 0.137 e. The molecule has 0 bridgehead atoms. The molecule has 0 aliphatic heterocycles. The summed E-state index contributed by atoms with van der Waals surface area (Å²) < 4.78 is 5.74. The van der Waals surface area contributed by atoms with Gasteiger partial charge in [0.25, 0.3) is 0 Å². The van der Waals surface area contributed by atoms with Crippen LogP contribution in [0.25, 0.3) is 0 Å². The van der Waals surface area contributed by atoms with E-state index in [0.29, 0.717) is 10.9 Å². The Bertz CT molecular complexity index is 348. The third kappa shape index (κ3) is 4.21. The molecular weight excluding hydrogens is 234 g/mol. The van der Waals surface area contributed by atoms with Gasteiger partial charge in [0.05, 0.1) is 11.6 Å². The Morgan fingerprint density at radius 1 is 1.29 bits per heavy atom. The summed E-state index contributed by atoms with van der Waals surface area (Å²) in [6.07, 6.45) is 2.26. The van der Waals surface area contributed by atoms with Gasteiger partial charge in [0.15, 0.2) is 0 Å². The minimum Gasteiger partial charge on any atom is -0.492 e. The van der Waals surface area contributed by atoms with Crippen molar-refractivity contribution in [1.82, 2.24) is 0 Å². The molecule has 0 heterocycles. The van der Waals surface area contributed by atoms with Crippen molar-refractivity contribution in [3.05, 3.63) is 28.8 Å². The molecule has 0 amide bonds. The predicted molar refractivity (Wildman–Crippen MR) is 73.6 cm³/mol. The third-order valence-electron chi connectivity index (χ3n) is 3.11. The van der Waals surface area contributed by atoms with Crippen molar-refractivity contribution in [1.29, 1.82) is 0 Å². The fourth-order valence-corrected chi connectivity index (χ4v) is 1.89. The van der Waals surface area contributed by atoms with E-state index in [1.165, 1.54) is 0 Å². The summed E-state index contributed by atoms with van der Waals surface area (Å²) >= 11 is 6.16. The van der Waals surface area contributed by atoms with Gasteiger partial charge in [-0.15, -0.1) is 0 Å². The van der Waals surface area contributed by atoms with Gasteiger partial charge in [0, 0.05) is 6.04 Å². The average Bonchev–Trinajstić information content (AvgIpc) is 2.31. The summed E-state index contributed by atoms with van der Waals surface area (Å²) in [4.78, 5) is 0. The molecule has 0 radical (unpaired) electrons. The normalized spacial score (nSPS) is 12.8. The molecular formula is C14H22ClNO. The largest absolute Gasteiger partial charge is 0.492 e. The van der Waals surface area contributed by atoms with Gasteiger partial charge in [-0.1, -0.05) is 44.4 Å². The SMILES string of the molecule is CCC(CC)COc1ccc([C@@H](C)N)cc1Cl. The molecule has 17 heavy (non-hydrogen) atoms. The monoisotopic (exact) mass is 255 g/mol. The fourth-order valence-electron chi connectivity index (χ4n) is 1.65. The molecule has 1 atom stereocenters. The summed E-state index contributed by atoms with van der Waals surface area (Å²) in [6.45, 7) is 7.03. The molecule has 0 unspecified atom stereocenters. The van der Waals surface area contributed by atoms with Crippen molar-refractivity contribution in [3.8, 4) is 5.75 Å². The molecule has 0 fully saturated rings. The standard InChI is InChI=1S/C14H22ClNO/c1-4-11(5-2)9-17-14-7-6-12(10(3)16)8-13(14)15/h6-8,10-11H,4-5,9,16H2,1-3H3/t10-/m1/s1. The van der Waals surface area contributed by atoms with Crippen molar-refractivity contribution >= 4 is 11.6 Å². The second-order valence-corrected chi connectivity index (χ2v) is 4.88. The van der Waals surface area contributed by atoms with E-state index in [2.05, 4.69) is 13.8 Å². The van der Waals surface area contributed by atoms with Crippen molar-refractivity contribution < 1.29 is 4.74 Å². The van der Waals surface area contributed by atoms with Gasteiger partial charge in [-0.3, -0.25) is 0 Å². The van der Waals surface area contributed by atoms with Gasteiger partial charge in [-0.2, -0.15) is 0 Å². The molecule has 0 aromatic heterocycles. The highest BCUT2D eigenvalue weighted by molar-refractivity contribution is 6.32. The first-order valence-electron chi connectivity index (χ1n) is 6.26. The highest BCUT2D eigenvalue weighted by atomic mass is 35.5. The van der Waals surface area contributed by atoms with Crippen molar-refractivity contribution in [3.63, 3.8) is 0 Å². The summed E-state index contributed by atoms with van der Waals surface area (Å²) in [7, 11) is 0. The molecule has 1 aromatic carbocycles. The van der Waals surface area contributed by atoms with E-state index in [-0.39, 0.29) is 6.04 Å². The number of ether oxygens (including phenoxy) is 1. The number of nitrogens with two attached hydrogens (primary N) is 1. The van der Waals surface area contributed by atoms with E-state index < -0.39 is 0 Å². The maximum Gasteiger partial charge on any atom is 0.137 e. The van der Waals surface area contributed by atoms with E-state index in [1.54, 1.807) is 0 Å². The predicted octanol–water partition coefficient (Wildman–Crippen LogP) is 4.17. The second-order valence-electron chi connectivity index (χ2n) is 4.47. The molecule has 0 saturated carbocycles. The fraction of sp³-hybridized carbons (Fsp3) is 0.571. The van der Waals surface area contributed by atoms with Crippen LogP contribution in [0.5, 0.6) is 5.75 Å². The zero-order valence-corrected chi connectivity index (χ0v) is 11.6. The van der Waals surface area contributed by atoms with Crippen LogP contribution in [0.4, 0.5) is 0 Å².